The van der Waals surface area contributed by atoms with Crippen LogP contribution in [0.2, 0.25) is 0 Å². The van der Waals surface area contributed by atoms with Gasteiger partial charge in [-0.3, -0.25) is 10.1 Å². The van der Waals surface area contributed by atoms with E-state index in [1.807, 2.05) is 0 Å². The van der Waals surface area contributed by atoms with Gasteiger partial charge in [0, 0.05) is 6.42 Å². The van der Waals surface area contributed by atoms with Gasteiger partial charge in [-0.25, -0.2) is 0 Å². The van der Waals surface area contributed by atoms with E-state index in [2.05, 4.69) is 29.4 Å². The first kappa shape index (κ1) is 14.0. The molecule has 1 N–H and O–H groups in total. The van der Waals surface area contributed by atoms with Gasteiger partial charge in [0.25, 0.3) is 0 Å². The molecule has 0 spiro atoms. The number of hydrogen-bond acceptors (Lipinski definition) is 4. The maximum absolute atomic E-state index is 12.0. The molecule has 0 aliphatic heterocycles. The van der Waals surface area contributed by atoms with Crippen LogP contribution in [-0.2, 0) is 11.2 Å². The van der Waals surface area contributed by atoms with Crippen LogP contribution in [0.15, 0.2) is 0 Å². The van der Waals surface area contributed by atoms with Crippen molar-refractivity contribution >= 4 is 45.6 Å². The van der Waals surface area contributed by atoms with E-state index in [-0.39, 0.29) is 5.91 Å². The molecular weight excluding hydrogens is 293 g/mol. The molecule has 1 aliphatic rings. The van der Waals surface area contributed by atoms with Crippen LogP contribution in [-0.4, -0.2) is 20.4 Å². The van der Waals surface area contributed by atoms with Crippen molar-refractivity contribution in [2.45, 2.75) is 37.9 Å². The first-order valence-corrected chi connectivity index (χ1v) is 7.33. The van der Waals surface area contributed by atoms with E-state index in [9.17, 15) is 4.79 Å². The normalized spacial score (nSPS) is 25.2. The Morgan fingerprint density at radius 3 is 2.61 bits per heavy atom. The molecule has 18 heavy (non-hydrogen) atoms. The van der Waals surface area contributed by atoms with Gasteiger partial charge < -0.3 is 0 Å². The number of amides is 1. The zero-order chi connectivity index (χ0) is 13.6. The Hall–Kier alpha value is -0.390. The van der Waals surface area contributed by atoms with Crippen LogP contribution in [0.25, 0.3) is 0 Å². The van der Waals surface area contributed by atoms with Crippen molar-refractivity contribution < 1.29 is 4.79 Å². The minimum atomic E-state index is -0.956. The molecule has 0 aromatic carbocycles. The maximum atomic E-state index is 12.0. The molecule has 1 fully saturated rings. The molecule has 1 heterocycles. The van der Waals surface area contributed by atoms with Crippen LogP contribution in [0, 0.1) is 11.3 Å². The number of aromatic nitrogens is 2. The number of carbonyl (C=O) groups excluding carboxylic acids is 1. The molecule has 7 heteroatoms. The van der Waals surface area contributed by atoms with Crippen LogP contribution in [0.1, 0.15) is 32.2 Å². The fourth-order valence-electron chi connectivity index (χ4n) is 1.62. The Labute approximate surface area is 120 Å². The molecule has 1 atom stereocenters. The Kier molecular flexibility index (Phi) is 3.60. The van der Waals surface area contributed by atoms with Crippen LogP contribution >= 0.6 is 34.5 Å². The van der Waals surface area contributed by atoms with E-state index in [1.165, 1.54) is 11.3 Å². The maximum Gasteiger partial charge on any atom is 0.235 e. The van der Waals surface area contributed by atoms with E-state index in [0.29, 0.717) is 17.5 Å². The number of halogens is 2. The Bertz CT molecular complexity index is 475. The third kappa shape index (κ3) is 2.63. The molecule has 0 radical (unpaired) electrons. The van der Waals surface area contributed by atoms with Gasteiger partial charge in [-0.1, -0.05) is 25.2 Å². The lowest BCUT2D eigenvalue weighted by molar-refractivity contribution is -0.120. The van der Waals surface area contributed by atoms with Gasteiger partial charge in [0.2, 0.25) is 11.0 Å². The topological polar surface area (TPSA) is 54.9 Å². The van der Waals surface area contributed by atoms with Crippen molar-refractivity contribution in [2.75, 3.05) is 5.32 Å². The summed E-state index contributed by atoms with van der Waals surface area (Å²) in [6.07, 6.45) is 1.33. The number of nitrogens with one attached hydrogen (secondary N) is 1. The molecule has 0 bridgehead atoms. The number of nitrogens with zero attached hydrogens (tertiary/aromatic N) is 2. The van der Waals surface area contributed by atoms with Crippen molar-refractivity contribution in [3.63, 3.8) is 0 Å². The van der Waals surface area contributed by atoms with Crippen LogP contribution in [0.5, 0.6) is 0 Å². The highest BCUT2D eigenvalue weighted by Gasteiger charge is 2.68. The van der Waals surface area contributed by atoms with Crippen molar-refractivity contribution in [3.8, 4) is 0 Å². The molecule has 1 unspecified atom stereocenters. The molecule has 1 aliphatic carbocycles. The van der Waals surface area contributed by atoms with Crippen LogP contribution in [0.3, 0.4) is 0 Å². The van der Waals surface area contributed by atoms with Gasteiger partial charge in [0.05, 0.1) is 5.41 Å². The summed E-state index contributed by atoms with van der Waals surface area (Å²) in [6.45, 7) is 5.97. The van der Waals surface area contributed by atoms with Gasteiger partial charge in [-0.15, -0.1) is 33.4 Å². The first-order valence-electron chi connectivity index (χ1n) is 5.76. The van der Waals surface area contributed by atoms with Gasteiger partial charge >= 0.3 is 0 Å². The molecule has 0 saturated heterocycles. The number of hydrogen-bond donors (Lipinski definition) is 1. The third-order valence-electron chi connectivity index (χ3n) is 3.03. The largest absolute Gasteiger partial charge is 0.300 e. The molecule has 4 nitrogen and oxygen atoms in total. The molecule has 100 valence electrons. The van der Waals surface area contributed by atoms with Gasteiger partial charge in [0.15, 0.2) is 0 Å². The molecule has 1 aromatic rings. The highest BCUT2D eigenvalue weighted by Crippen LogP contribution is 2.64. The van der Waals surface area contributed by atoms with Gasteiger partial charge in [-0.2, -0.15) is 0 Å². The summed E-state index contributed by atoms with van der Waals surface area (Å²) in [4.78, 5) is 12.0. The number of anilines is 1. The summed E-state index contributed by atoms with van der Waals surface area (Å²) in [7, 11) is 0. The quantitative estimate of drug-likeness (QED) is 0.869. The second-order valence-corrected chi connectivity index (χ2v) is 7.81. The van der Waals surface area contributed by atoms with Crippen molar-refractivity contribution in [2.24, 2.45) is 11.3 Å². The summed E-state index contributed by atoms with van der Waals surface area (Å²) >= 11 is 13.3. The number of alkyl halides is 2. The second-order valence-electron chi connectivity index (χ2n) is 5.27. The summed E-state index contributed by atoms with van der Waals surface area (Å²) in [5.74, 6) is 0.320. The van der Waals surface area contributed by atoms with Crippen molar-refractivity contribution in [1.29, 1.82) is 0 Å². The Balaban J connectivity index is 1.98. The number of carbonyl (C=O) groups is 1. The molecular formula is C11H15Cl2N3OS. The predicted molar refractivity (Wildman–Crippen MR) is 74.2 cm³/mol. The number of rotatable bonds is 4. The molecule has 2 rings (SSSR count). The lowest BCUT2D eigenvalue weighted by Gasteiger charge is -2.09. The minimum Gasteiger partial charge on any atom is -0.300 e. The molecule has 1 aromatic heterocycles. The smallest absolute Gasteiger partial charge is 0.235 e. The highest BCUT2D eigenvalue weighted by molar-refractivity contribution is 7.15. The van der Waals surface area contributed by atoms with E-state index in [0.717, 1.165) is 11.4 Å². The standard InChI is InChI=1S/C11H15Cl2N3OS/c1-6(2)4-7-15-16-9(18-7)14-8(17)10(3)5-11(10,12)13/h6H,4-5H2,1-3H3,(H,14,16,17). The van der Waals surface area contributed by atoms with E-state index in [1.54, 1.807) is 6.92 Å². The monoisotopic (exact) mass is 307 g/mol. The third-order valence-corrected chi connectivity index (χ3v) is 4.99. The van der Waals surface area contributed by atoms with E-state index >= 15 is 0 Å². The average molecular weight is 308 g/mol. The first-order chi connectivity index (χ1) is 8.24. The van der Waals surface area contributed by atoms with Crippen LogP contribution in [0.4, 0.5) is 5.13 Å². The van der Waals surface area contributed by atoms with Crippen LogP contribution < -0.4 is 5.32 Å². The summed E-state index contributed by atoms with van der Waals surface area (Å²) in [6, 6.07) is 0. The fourth-order valence-corrected chi connectivity index (χ4v) is 3.27. The SMILES string of the molecule is CC(C)Cc1nnc(NC(=O)C2(C)CC2(Cl)Cl)s1. The lowest BCUT2D eigenvalue weighted by atomic mass is 10.1. The Morgan fingerprint density at radius 1 is 1.50 bits per heavy atom. The zero-order valence-electron chi connectivity index (χ0n) is 10.5. The van der Waals surface area contributed by atoms with Gasteiger partial charge in [0.1, 0.15) is 9.34 Å². The highest BCUT2D eigenvalue weighted by atomic mass is 35.5. The van der Waals surface area contributed by atoms with E-state index < -0.39 is 9.75 Å². The summed E-state index contributed by atoms with van der Waals surface area (Å²) < 4.78 is -0.956. The summed E-state index contributed by atoms with van der Waals surface area (Å²) in [5, 5.41) is 12.1. The van der Waals surface area contributed by atoms with E-state index in [4.69, 9.17) is 23.2 Å². The average Bonchev–Trinajstić information content (AvgIpc) is 2.57. The minimum absolute atomic E-state index is 0.195. The predicted octanol–water partition coefficient (Wildman–Crippen LogP) is 3.26. The summed E-state index contributed by atoms with van der Waals surface area (Å²) in [5.41, 5.74) is -0.722. The molecule has 1 saturated carbocycles. The second kappa shape index (κ2) is 4.62. The van der Waals surface area contributed by atoms with Gasteiger partial charge in [-0.05, 0) is 19.3 Å². The van der Waals surface area contributed by atoms with Crippen molar-refractivity contribution in [3.05, 3.63) is 5.01 Å². The molecule has 1 amide bonds. The lowest BCUT2D eigenvalue weighted by Crippen LogP contribution is -2.25. The fraction of sp³-hybridized carbons (Fsp3) is 0.727. The Morgan fingerprint density at radius 2 is 2.11 bits per heavy atom. The zero-order valence-corrected chi connectivity index (χ0v) is 12.8. The van der Waals surface area contributed by atoms with Crippen molar-refractivity contribution in [1.82, 2.24) is 10.2 Å².